The van der Waals surface area contributed by atoms with Gasteiger partial charge in [0, 0.05) is 10.9 Å². The fraction of sp³-hybridized carbons (Fsp3) is 0.222. The zero-order valence-corrected chi connectivity index (χ0v) is 13.9. The first-order chi connectivity index (χ1) is 11.2. The molecule has 0 saturated carbocycles. The maximum absolute atomic E-state index is 11.5. The van der Waals surface area contributed by atoms with Gasteiger partial charge in [-0.25, -0.2) is 4.98 Å². The molecule has 0 bridgehead atoms. The molecule has 23 heavy (non-hydrogen) atoms. The summed E-state index contributed by atoms with van der Waals surface area (Å²) in [7, 11) is 1.66. The van der Waals surface area contributed by atoms with Crippen molar-refractivity contribution in [3.63, 3.8) is 0 Å². The van der Waals surface area contributed by atoms with Crippen LogP contribution in [0.5, 0.6) is 5.75 Å². The second kappa shape index (κ2) is 6.79. The molecule has 3 aromatic rings. The van der Waals surface area contributed by atoms with Gasteiger partial charge >= 0.3 is 5.97 Å². The van der Waals surface area contributed by atoms with Crippen LogP contribution in [0, 0.1) is 0 Å². The zero-order chi connectivity index (χ0) is 16.2. The number of methoxy groups -OCH3 is 1. The summed E-state index contributed by atoms with van der Waals surface area (Å²) >= 11 is 1.54. The van der Waals surface area contributed by atoms with Crippen LogP contribution in [0.4, 0.5) is 0 Å². The third kappa shape index (κ3) is 3.51. The van der Waals surface area contributed by atoms with Crippen LogP contribution >= 0.6 is 11.3 Å². The molecule has 118 valence electrons. The highest BCUT2D eigenvalue weighted by Crippen LogP contribution is 2.29. The molecule has 0 atom stereocenters. The van der Waals surface area contributed by atoms with Gasteiger partial charge in [-0.15, -0.1) is 11.3 Å². The molecule has 0 N–H and O–H groups in total. The van der Waals surface area contributed by atoms with E-state index in [0.29, 0.717) is 6.61 Å². The average molecular weight is 327 g/mol. The summed E-state index contributed by atoms with van der Waals surface area (Å²) in [5, 5.41) is 5.06. The Bertz CT molecular complexity index is 841. The van der Waals surface area contributed by atoms with E-state index in [1.54, 1.807) is 14.0 Å². The van der Waals surface area contributed by atoms with Crippen LogP contribution < -0.4 is 4.74 Å². The molecule has 3 rings (SSSR count). The molecule has 0 radical (unpaired) electrons. The minimum atomic E-state index is -0.241. The maximum Gasteiger partial charge on any atom is 0.311 e. The van der Waals surface area contributed by atoms with Crippen LogP contribution in [-0.2, 0) is 16.0 Å². The van der Waals surface area contributed by atoms with E-state index in [1.807, 2.05) is 29.6 Å². The van der Waals surface area contributed by atoms with Gasteiger partial charge in [0.2, 0.25) is 0 Å². The average Bonchev–Trinajstić information content (AvgIpc) is 3.02. The van der Waals surface area contributed by atoms with Gasteiger partial charge in [0.05, 0.1) is 25.8 Å². The van der Waals surface area contributed by atoms with E-state index < -0.39 is 0 Å². The molecule has 0 aliphatic rings. The summed E-state index contributed by atoms with van der Waals surface area (Å²) in [6.45, 7) is 2.19. The van der Waals surface area contributed by atoms with Crippen molar-refractivity contribution in [3.8, 4) is 16.3 Å². The van der Waals surface area contributed by atoms with E-state index in [1.165, 1.54) is 11.3 Å². The summed E-state index contributed by atoms with van der Waals surface area (Å²) < 4.78 is 10.2. The Morgan fingerprint density at radius 2 is 1.96 bits per heavy atom. The molecule has 1 aromatic heterocycles. The Morgan fingerprint density at radius 3 is 2.74 bits per heavy atom. The molecule has 0 unspecified atom stereocenters. The second-order valence-electron chi connectivity index (χ2n) is 5.05. The lowest BCUT2D eigenvalue weighted by Gasteiger charge is -2.04. The van der Waals surface area contributed by atoms with Crippen LogP contribution in [0.15, 0.2) is 41.8 Å². The third-order valence-electron chi connectivity index (χ3n) is 3.48. The summed E-state index contributed by atoms with van der Waals surface area (Å²) in [4.78, 5) is 16.1. The lowest BCUT2D eigenvalue weighted by Crippen LogP contribution is -2.07. The Morgan fingerprint density at radius 1 is 1.17 bits per heavy atom. The van der Waals surface area contributed by atoms with Crippen molar-refractivity contribution >= 4 is 28.1 Å². The first-order valence-electron chi connectivity index (χ1n) is 7.38. The number of ether oxygens (including phenoxy) is 2. The monoisotopic (exact) mass is 327 g/mol. The number of carbonyl (C=O) groups excluding carboxylic acids is 1. The predicted octanol–water partition coefficient (Wildman–Crippen LogP) is 4.08. The molecule has 0 spiro atoms. The highest BCUT2D eigenvalue weighted by Gasteiger charge is 2.10. The van der Waals surface area contributed by atoms with E-state index in [9.17, 15) is 4.79 Å². The van der Waals surface area contributed by atoms with E-state index in [0.717, 1.165) is 32.8 Å². The standard InChI is InChI=1S/C18H17NO3S/c1-3-22-17(20)10-15-11-23-18(19-15)14-5-4-13-9-16(21-2)7-6-12(13)8-14/h4-9,11H,3,10H2,1-2H3. The van der Waals surface area contributed by atoms with Crippen molar-refractivity contribution in [2.45, 2.75) is 13.3 Å². The Hall–Kier alpha value is -2.40. The predicted molar refractivity (Wildman–Crippen MR) is 91.9 cm³/mol. The number of hydrogen-bond donors (Lipinski definition) is 0. The molecule has 0 aliphatic carbocycles. The molecule has 0 saturated heterocycles. The van der Waals surface area contributed by atoms with Crippen molar-refractivity contribution in [1.29, 1.82) is 0 Å². The first-order valence-corrected chi connectivity index (χ1v) is 8.25. The number of thiazole rings is 1. The molecular formula is C18H17NO3S. The van der Waals surface area contributed by atoms with Crippen LogP contribution in [0.3, 0.4) is 0 Å². The summed E-state index contributed by atoms with van der Waals surface area (Å²) in [6.07, 6.45) is 0.217. The Kier molecular flexibility index (Phi) is 4.57. The molecule has 0 fully saturated rings. The number of esters is 1. The fourth-order valence-electron chi connectivity index (χ4n) is 2.36. The Labute approximate surface area is 138 Å². The van der Waals surface area contributed by atoms with Gasteiger partial charge in [0.15, 0.2) is 0 Å². The number of hydrogen-bond acceptors (Lipinski definition) is 5. The Balaban J connectivity index is 1.85. The molecule has 4 nitrogen and oxygen atoms in total. The lowest BCUT2D eigenvalue weighted by molar-refractivity contribution is -0.142. The number of rotatable bonds is 5. The summed E-state index contributed by atoms with van der Waals surface area (Å²) in [5.41, 5.74) is 1.79. The summed E-state index contributed by atoms with van der Waals surface area (Å²) in [6, 6.07) is 12.2. The van der Waals surface area contributed by atoms with Gasteiger partial charge in [-0.2, -0.15) is 0 Å². The molecule has 0 aliphatic heterocycles. The quantitative estimate of drug-likeness (QED) is 0.663. The van der Waals surface area contributed by atoms with Crippen LogP contribution in [0.2, 0.25) is 0 Å². The van der Waals surface area contributed by atoms with Gasteiger partial charge in [-0.05, 0) is 35.9 Å². The van der Waals surface area contributed by atoms with E-state index in [-0.39, 0.29) is 12.4 Å². The van der Waals surface area contributed by atoms with Crippen molar-refractivity contribution < 1.29 is 14.3 Å². The van der Waals surface area contributed by atoms with E-state index in [2.05, 4.69) is 17.1 Å². The van der Waals surface area contributed by atoms with Gasteiger partial charge < -0.3 is 9.47 Å². The summed E-state index contributed by atoms with van der Waals surface area (Å²) in [5.74, 6) is 0.603. The molecule has 1 heterocycles. The van der Waals surface area contributed by atoms with Crippen LogP contribution in [0.1, 0.15) is 12.6 Å². The third-order valence-corrected chi connectivity index (χ3v) is 4.42. The minimum absolute atomic E-state index is 0.217. The van der Waals surface area contributed by atoms with Crippen molar-refractivity contribution in [2.75, 3.05) is 13.7 Å². The molecule has 0 amide bonds. The molecule has 2 aromatic carbocycles. The van der Waals surface area contributed by atoms with Gasteiger partial charge in [0.25, 0.3) is 0 Å². The number of carbonyl (C=O) groups is 1. The van der Waals surface area contributed by atoms with Crippen molar-refractivity contribution in [2.24, 2.45) is 0 Å². The smallest absolute Gasteiger partial charge is 0.311 e. The van der Waals surface area contributed by atoms with E-state index >= 15 is 0 Å². The highest BCUT2D eigenvalue weighted by molar-refractivity contribution is 7.13. The lowest BCUT2D eigenvalue weighted by atomic mass is 10.1. The van der Waals surface area contributed by atoms with Crippen molar-refractivity contribution in [3.05, 3.63) is 47.5 Å². The topological polar surface area (TPSA) is 48.4 Å². The molecular weight excluding hydrogens is 310 g/mol. The van der Waals surface area contributed by atoms with Crippen LogP contribution in [-0.4, -0.2) is 24.7 Å². The largest absolute Gasteiger partial charge is 0.497 e. The van der Waals surface area contributed by atoms with Gasteiger partial charge in [-0.3, -0.25) is 4.79 Å². The maximum atomic E-state index is 11.5. The molecule has 5 heteroatoms. The SMILES string of the molecule is CCOC(=O)Cc1csc(-c2ccc3cc(OC)ccc3c2)n1. The van der Waals surface area contributed by atoms with Gasteiger partial charge in [-0.1, -0.05) is 18.2 Å². The number of aromatic nitrogens is 1. The number of nitrogens with zero attached hydrogens (tertiary/aromatic N) is 1. The second-order valence-corrected chi connectivity index (χ2v) is 5.91. The van der Waals surface area contributed by atoms with Crippen molar-refractivity contribution in [1.82, 2.24) is 4.98 Å². The minimum Gasteiger partial charge on any atom is -0.497 e. The normalized spacial score (nSPS) is 10.7. The zero-order valence-electron chi connectivity index (χ0n) is 13.0. The number of fused-ring (bicyclic) bond motifs is 1. The highest BCUT2D eigenvalue weighted by atomic mass is 32.1. The fourth-order valence-corrected chi connectivity index (χ4v) is 3.18. The number of benzene rings is 2. The van der Waals surface area contributed by atoms with E-state index in [4.69, 9.17) is 9.47 Å². The first kappa shape index (κ1) is 15.5. The van der Waals surface area contributed by atoms with Crippen LogP contribution in [0.25, 0.3) is 21.3 Å². The van der Waals surface area contributed by atoms with Gasteiger partial charge in [0.1, 0.15) is 10.8 Å².